The van der Waals surface area contributed by atoms with Crippen LogP contribution in [0.25, 0.3) is 0 Å². The van der Waals surface area contributed by atoms with Crippen molar-refractivity contribution in [2.24, 2.45) is 5.41 Å². The largest absolute Gasteiger partial charge is 0.233 e. The Labute approximate surface area is 125 Å². The molecular weight excluding hydrogens is 256 g/mol. The first-order valence-corrected chi connectivity index (χ1v) is 7.42. The van der Waals surface area contributed by atoms with Gasteiger partial charge in [0, 0.05) is 0 Å². The lowest BCUT2D eigenvalue weighted by Gasteiger charge is -2.34. The minimum atomic E-state index is -0.304. The molecule has 4 heteroatoms. The average Bonchev–Trinajstić information content (AvgIpc) is 2.20. The standard InChI is InChI=1S/C16H34O4/c1-12(17-19-14(3,4)5)11-16(9,10)13(2)18-20-15(6,7)8/h12-13H,11H2,1-10H3. The van der Waals surface area contributed by atoms with Gasteiger partial charge in [0.25, 0.3) is 0 Å². The average molecular weight is 290 g/mol. The summed E-state index contributed by atoms with van der Waals surface area (Å²) in [4.78, 5) is 21.7. The Kier molecular flexibility index (Phi) is 7.15. The predicted octanol–water partition coefficient (Wildman–Crippen LogP) is 4.67. The molecule has 20 heavy (non-hydrogen) atoms. The molecule has 0 aliphatic heterocycles. The molecule has 0 saturated heterocycles. The van der Waals surface area contributed by atoms with E-state index in [-0.39, 0.29) is 28.8 Å². The number of hydrogen-bond donors (Lipinski definition) is 0. The molecule has 0 aliphatic carbocycles. The highest BCUT2D eigenvalue weighted by Gasteiger charge is 2.32. The van der Waals surface area contributed by atoms with Gasteiger partial charge in [-0.2, -0.15) is 0 Å². The summed E-state index contributed by atoms with van der Waals surface area (Å²) in [5.41, 5.74) is -0.677. The van der Waals surface area contributed by atoms with E-state index < -0.39 is 0 Å². The Morgan fingerprint density at radius 2 is 1.10 bits per heavy atom. The van der Waals surface area contributed by atoms with Gasteiger partial charge in [-0.15, -0.1) is 0 Å². The zero-order valence-electron chi connectivity index (χ0n) is 15.0. The van der Waals surface area contributed by atoms with Crippen molar-refractivity contribution < 1.29 is 19.6 Å². The third kappa shape index (κ3) is 9.70. The van der Waals surface area contributed by atoms with Crippen LogP contribution in [0.4, 0.5) is 0 Å². The Balaban J connectivity index is 4.28. The minimum Gasteiger partial charge on any atom is -0.233 e. The van der Waals surface area contributed by atoms with Crippen LogP contribution in [0, 0.1) is 5.41 Å². The summed E-state index contributed by atoms with van der Waals surface area (Å²) in [5, 5.41) is 0. The maximum absolute atomic E-state index is 5.52. The first kappa shape index (κ1) is 19.8. The lowest BCUT2D eigenvalue weighted by Crippen LogP contribution is -2.36. The zero-order valence-corrected chi connectivity index (χ0v) is 15.0. The molecule has 0 rings (SSSR count). The molecule has 122 valence electrons. The van der Waals surface area contributed by atoms with Gasteiger partial charge in [0.2, 0.25) is 0 Å². The molecule has 2 unspecified atom stereocenters. The molecule has 0 aliphatic rings. The van der Waals surface area contributed by atoms with Crippen molar-refractivity contribution in [2.45, 2.75) is 99.1 Å². The summed E-state index contributed by atoms with van der Waals surface area (Å²) in [5.74, 6) is 0. The van der Waals surface area contributed by atoms with Crippen LogP contribution in [-0.4, -0.2) is 23.4 Å². The Morgan fingerprint density at radius 3 is 1.50 bits per heavy atom. The van der Waals surface area contributed by atoms with Crippen LogP contribution in [0.5, 0.6) is 0 Å². The smallest absolute Gasteiger partial charge is 0.0953 e. The summed E-state index contributed by atoms with van der Waals surface area (Å²) in [6, 6.07) is 0. The van der Waals surface area contributed by atoms with Gasteiger partial charge in [0.15, 0.2) is 0 Å². The van der Waals surface area contributed by atoms with E-state index in [0.717, 1.165) is 6.42 Å². The van der Waals surface area contributed by atoms with E-state index >= 15 is 0 Å². The van der Waals surface area contributed by atoms with E-state index in [9.17, 15) is 0 Å². The number of hydrogen-bond acceptors (Lipinski definition) is 4. The third-order valence-electron chi connectivity index (χ3n) is 2.82. The predicted molar refractivity (Wildman–Crippen MR) is 81.2 cm³/mol. The molecule has 0 radical (unpaired) electrons. The topological polar surface area (TPSA) is 36.9 Å². The second-order valence-electron chi connectivity index (χ2n) is 8.23. The fourth-order valence-electron chi connectivity index (χ4n) is 1.51. The van der Waals surface area contributed by atoms with Crippen molar-refractivity contribution in [3.8, 4) is 0 Å². The van der Waals surface area contributed by atoms with Crippen molar-refractivity contribution in [1.29, 1.82) is 0 Å². The van der Waals surface area contributed by atoms with Gasteiger partial charge >= 0.3 is 0 Å². The second-order valence-corrected chi connectivity index (χ2v) is 8.23. The van der Waals surface area contributed by atoms with Crippen LogP contribution in [0.3, 0.4) is 0 Å². The first-order chi connectivity index (χ1) is 8.73. The van der Waals surface area contributed by atoms with Crippen LogP contribution in [0.15, 0.2) is 0 Å². The van der Waals surface area contributed by atoms with Gasteiger partial charge in [-0.25, -0.2) is 19.6 Å². The lowest BCUT2D eigenvalue weighted by molar-refractivity contribution is -0.393. The van der Waals surface area contributed by atoms with Crippen LogP contribution in [0.2, 0.25) is 0 Å². The molecule has 0 heterocycles. The molecule has 0 bridgehead atoms. The molecule has 0 aromatic carbocycles. The molecule has 0 aromatic rings. The van der Waals surface area contributed by atoms with Crippen LogP contribution in [-0.2, 0) is 19.6 Å². The van der Waals surface area contributed by atoms with Gasteiger partial charge in [-0.1, -0.05) is 13.8 Å². The summed E-state index contributed by atoms with van der Waals surface area (Å²) in [6.45, 7) is 20.1. The molecule has 2 atom stereocenters. The van der Waals surface area contributed by atoms with E-state index in [1.54, 1.807) is 0 Å². The highest BCUT2D eigenvalue weighted by atomic mass is 17.2. The van der Waals surface area contributed by atoms with Crippen LogP contribution >= 0.6 is 0 Å². The number of rotatable bonds is 7. The van der Waals surface area contributed by atoms with E-state index in [0.29, 0.717) is 0 Å². The monoisotopic (exact) mass is 290 g/mol. The van der Waals surface area contributed by atoms with Crippen molar-refractivity contribution in [3.63, 3.8) is 0 Å². The van der Waals surface area contributed by atoms with Gasteiger partial charge < -0.3 is 0 Å². The fourth-order valence-corrected chi connectivity index (χ4v) is 1.51. The first-order valence-electron chi connectivity index (χ1n) is 7.42. The van der Waals surface area contributed by atoms with Gasteiger partial charge in [0.1, 0.15) is 0 Å². The van der Waals surface area contributed by atoms with Crippen molar-refractivity contribution in [3.05, 3.63) is 0 Å². The maximum atomic E-state index is 5.52. The molecule has 4 nitrogen and oxygen atoms in total. The zero-order chi connectivity index (χ0) is 16.2. The van der Waals surface area contributed by atoms with E-state index in [4.69, 9.17) is 19.6 Å². The van der Waals surface area contributed by atoms with Crippen LogP contribution in [0.1, 0.15) is 75.7 Å². The normalized spacial score (nSPS) is 17.1. The van der Waals surface area contributed by atoms with E-state index in [2.05, 4.69) is 13.8 Å². The Hall–Kier alpha value is -0.160. The van der Waals surface area contributed by atoms with Crippen molar-refractivity contribution in [1.82, 2.24) is 0 Å². The molecule has 0 saturated carbocycles. The summed E-state index contributed by atoms with van der Waals surface area (Å²) in [7, 11) is 0. The van der Waals surface area contributed by atoms with Crippen molar-refractivity contribution >= 4 is 0 Å². The molecule has 0 spiro atoms. The van der Waals surface area contributed by atoms with Gasteiger partial charge in [-0.05, 0) is 67.2 Å². The van der Waals surface area contributed by atoms with E-state index in [1.807, 2.05) is 55.4 Å². The Morgan fingerprint density at radius 1 is 0.700 bits per heavy atom. The Bertz CT molecular complexity index is 273. The van der Waals surface area contributed by atoms with Gasteiger partial charge in [0.05, 0.1) is 23.4 Å². The molecule has 0 aromatic heterocycles. The molecule has 0 fully saturated rings. The van der Waals surface area contributed by atoms with Crippen LogP contribution < -0.4 is 0 Å². The third-order valence-corrected chi connectivity index (χ3v) is 2.82. The fraction of sp³-hybridized carbons (Fsp3) is 1.00. The SMILES string of the molecule is CC(CC(C)(C)C(C)OOC(C)(C)C)OOC(C)(C)C. The summed E-state index contributed by atoms with van der Waals surface area (Å²) < 4.78 is 0. The quantitative estimate of drug-likeness (QED) is 0.504. The minimum absolute atomic E-state index is 0.00934. The maximum Gasteiger partial charge on any atom is 0.0953 e. The van der Waals surface area contributed by atoms with Crippen molar-refractivity contribution in [2.75, 3.05) is 0 Å². The second kappa shape index (κ2) is 7.21. The lowest BCUT2D eigenvalue weighted by atomic mass is 9.82. The summed E-state index contributed by atoms with van der Waals surface area (Å²) >= 11 is 0. The van der Waals surface area contributed by atoms with Gasteiger partial charge in [-0.3, -0.25) is 0 Å². The highest BCUT2D eigenvalue weighted by Crippen LogP contribution is 2.31. The molecular formula is C16H34O4. The summed E-state index contributed by atoms with van der Waals surface area (Å²) in [6.07, 6.45) is 0.768. The molecule has 0 amide bonds. The molecule has 0 N–H and O–H groups in total. The van der Waals surface area contributed by atoms with E-state index in [1.165, 1.54) is 0 Å². The highest BCUT2D eigenvalue weighted by molar-refractivity contribution is 4.77.